The van der Waals surface area contributed by atoms with Crippen molar-refractivity contribution in [2.24, 2.45) is 0 Å². The van der Waals surface area contributed by atoms with Gasteiger partial charge in [0, 0.05) is 0 Å². The van der Waals surface area contributed by atoms with Gasteiger partial charge in [0.05, 0.1) is 0 Å². The molecule has 0 saturated carbocycles. The fraction of sp³-hybridized carbons (Fsp3) is 0.143. The Morgan fingerprint density at radius 1 is 1.36 bits per heavy atom. The van der Waals surface area contributed by atoms with Crippen LogP contribution in [0, 0.1) is 0 Å². The summed E-state index contributed by atoms with van der Waals surface area (Å²) < 4.78 is 5.32. The molecule has 1 aromatic rings. The second-order valence-electron chi connectivity index (χ2n) is 2.02. The van der Waals surface area contributed by atoms with Crippen molar-refractivity contribution in [1.29, 1.82) is 0 Å². The fourth-order valence-electron chi connectivity index (χ4n) is 0.716. The summed E-state index contributed by atoms with van der Waals surface area (Å²) in [6.07, 6.45) is 0. The van der Waals surface area contributed by atoms with E-state index in [-0.39, 0.29) is 0 Å². The van der Waals surface area contributed by atoms with Crippen LogP contribution in [0.2, 0.25) is 0 Å². The van der Waals surface area contributed by atoms with E-state index in [0.717, 1.165) is 0 Å². The Hall–Kier alpha value is 0.649. The Morgan fingerprint density at radius 3 is 2.36 bits per heavy atom. The number of benzene rings is 1. The molecule has 1 nitrogen and oxygen atoms in total. The molecule has 0 amide bonds. The molecular weight excluding hydrogens is 289 g/mol. The Morgan fingerprint density at radius 2 is 1.91 bits per heavy atom. The third-order valence-corrected chi connectivity index (χ3v) is 7.25. The SMILES string of the molecule is CO[P+]([Se])([Se-])c1ccccc1. The summed E-state index contributed by atoms with van der Waals surface area (Å²) in [6.45, 7) is 0. The monoisotopic (exact) mass is 299 g/mol. The molecule has 0 aromatic heterocycles. The van der Waals surface area contributed by atoms with Gasteiger partial charge in [0.25, 0.3) is 0 Å². The summed E-state index contributed by atoms with van der Waals surface area (Å²) >= 11 is 6.11. The van der Waals surface area contributed by atoms with Crippen molar-refractivity contribution in [2.45, 2.75) is 0 Å². The molecule has 0 fully saturated rings. The van der Waals surface area contributed by atoms with Gasteiger partial charge in [0.1, 0.15) is 0 Å². The van der Waals surface area contributed by atoms with Gasteiger partial charge in [-0.15, -0.1) is 0 Å². The molecule has 1 aromatic carbocycles. The van der Waals surface area contributed by atoms with Gasteiger partial charge in [-0.3, -0.25) is 0 Å². The fourth-order valence-corrected chi connectivity index (χ4v) is 3.00. The molecule has 1 radical (unpaired) electrons. The molecule has 0 bridgehead atoms. The Bertz CT molecular complexity index is 225. The van der Waals surface area contributed by atoms with Gasteiger partial charge >= 0.3 is 83.3 Å². The van der Waals surface area contributed by atoms with E-state index in [1.807, 2.05) is 18.2 Å². The van der Waals surface area contributed by atoms with Gasteiger partial charge in [0.15, 0.2) is 0 Å². The summed E-state index contributed by atoms with van der Waals surface area (Å²) in [6, 6.07) is 10.1. The average molecular weight is 297 g/mol. The third-order valence-electron chi connectivity index (χ3n) is 1.31. The van der Waals surface area contributed by atoms with Crippen molar-refractivity contribution in [3.05, 3.63) is 30.3 Å². The van der Waals surface area contributed by atoms with Crippen LogP contribution in [0.25, 0.3) is 0 Å². The quantitative estimate of drug-likeness (QED) is 0.586. The minimum absolute atomic E-state index is 1.21. The van der Waals surface area contributed by atoms with Crippen molar-refractivity contribution in [3.8, 4) is 0 Å². The van der Waals surface area contributed by atoms with Crippen LogP contribution in [-0.2, 0) is 4.52 Å². The van der Waals surface area contributed by atoms with Crippen LogP contribution in [0.1, 0.15) is 0 Å². The molecule has 0 unspecified atom stereocenters. The molecule has 0 atom stereocenters. The molecule has 0 aliphatic carbocycles. The molecule has 0 aliphatic heterocycles. The Balaban J connectivity index is 2.93. The van der Waals surface area contributed by atoms with Crippen LogP contribution in [0.3, 0.4) is 0 Å². The molecule has 1 rings (SSSR count). The van der Waals surface area contributed by atoms with E-state index >= 15 is 0 Å². The maximum atomic E-state index is 5.32. The van der Waals surface area contributed by atoms with Gasteiger partial charge in [-0.1, -0.05) is 0 Å². The zero-order valence-corrected chi connectivity index (χ0v) is 10.4. The summed E-state index contributed by atoms with van der Waals surface area (Å²) in [5, 5.41) is 1.21. The van der Waals surface area contributed by atoms with E-state index in [0.29, 0.717) is 0 Å². The van der Waals surface area contributed by atoms with Crippen LogP contribution in [0.15, 0.2) is 30.3 Å². The number of hydrogen-bond acceptors (Lipinski definition) is 1. The van der Waals surface area contributed by atoms with Crippen LogP contribution in [0.4, 0.5) is 0 Å². The standard InChI is InChI=1S/C7H8OPSe2/c1-8-9(10,11)7-5-3-2-4-6-7/h2-6H,1H3. The summed E-state index contributed by atoms with van der Waals surface area (Å²) in [7, 11) is 1.72. The van der Waals surface area contributed by atoms with E-state index in [1.165, 1.54) is 5.30 Å². The average Bonchev–Trinajstić information content (AvgIpc) is 2.06. The molecule has 0 spiro atoms. The molecule has 0 aliphatic rings. The second kappa shape index (κ2) is 4.05. The van der Waals surface area contributed by atoms with Crippen molar-refractivity contribution in [1.82, 2.24) is 0 Å². The zero-order chi connectivity index (χ0) is 8.32. The van der Waals surface area contributed by atoms with E-state index in [4.69, 9.17) is 4.52 Å². The van der Waals surface area contributed by atoms with Gasteiger partial charge in [-0.2, -0.15) is 0 Å². The van der Waals surface area contributed by atoms with Crippen molar-refractivity contribution in [2.75, 3.05) is 7.11 Å². The third kappa shape index (κ3) is 2.56. The van der Waals surface area contributed by atoms with Crippen LogP contribution in [0.5, 0.6) is 0 Å². The van der Waals surface area contributed by atoms with E-state index < -0.39 is 4.87 Å². The van der Waals surface area contributed by atoms with Crippen LogP contribution < -0.4 is 5.30 Å². The first-order valence-electron chi connectivity index (χ1n) is 3.09. The molecule has 0 saturated heterocycles. The van der Waals surface area contributed by atoms with E-state index in [9.17, 15) is 0 Å². The molecule has 0 heterocycles. The molecule has 11 heavy (non-hydrogen) atoms. The normalized spacial score (nSPS) is 15.9. The minimum atomic E-state index is -1.53. The summed E-state index contributed by atoms with van der Waals surface area (Å²) in [4.78, 5) is -1.53. The molecule has 4 heteroatoms. The molecule has 59 valence electrons. The maximum absolute atomic E-state index is 5.32. The predicted octanol–water partition coefficient (Wildman–Crippen LogP) is 1.06. The number of rotatable bonds is 2. The molecular formula is C7H8OPSe2. The summed E-state index contributed by atoms with van der Waals surface area (Å²) in [5.74, 6) is 0. The zero-order valence-electron chi connectivity index (χ0n) is 6.06. The Labute approximate surface area is 83.2 Å². The van der Waals surface area contributed by atoms with Gasteiger partial charge in [-0.05, 0) is 0 Å². The first kappa shape index (κ1) is 9.73. The van der Waals surface area contributed by atoms with E-state index in [2.05, 4.69) is 43.3 Å². The first-order valence-corrected chi connectivity index (χ1v) is 9.23. The topological polar surface area (TPSA) is 9.23 Å². The van der Waals surface area contributed by atoms with Crippen molar-refractivity contribution in [3.63, 3.8) is 0 Å². The van der Waals surface area contributed by atoms with Gasteiger partial charge in [0.2, 0.25) is 0 Å². The van der Waals surface area contributed by atoms with Crippen molar-refractivity contribution >= 4 is 41.3 Å². The number of hydrogen-bond donors (Lipinski definition) is 0. The van der Waals surface area contributed by atoms with Gasteiger partial charge < -0.3 is 0 Å². The van der Waals surface area contributed by atoms with Crippen LogP contribution in [-0.4, -0.2) is 38.3 Å². The van der Waals surface area contributed by atoms with Crippen molar-refractivity contribution < 1.29 is 4.52 Å². The predicted molar refractivity (Wildman–Crippen MR) is 51.5 cm³/mol. The Kier molecular flexibility index (Phi) is 3.58. The summed E-state index contributed by atoms with van der Waals surface area (Å²) in [5.41, 5.74) is 0. The van der Waals surface area contributed by atoms with Gasteiger partial charge in [-0.25, -0.2) is 0 Å². The second-order valence-corrected chi connectivity index (χ2v) is 13.9. The molecule has 0 N–H and O–H groups in total. The van der Waals surface area contributed by atoms with E-state index in [1.54, 1.807) is 7.11 Å². The first-order chi connectivity index (χ1) is 5.17. The van der Waals surface area contributed by atoms with Crippen LogP contribution >= 0.6 is 4.87 Å².